The third-order valence-corrected chi connectivity index (χ3v) is 4.56. The van der Waals surface area contributed by atoms with E-state index >= 15 is 0 Å². The lowest BCUT2D eigenvalue weighted by Crippen LogP contribution is -2.45. The fraction of sp³-hybridized carbons (Fsp3) is 0.875. The molecule has 1 fully saturated rings. The molecule has 0 saturated heterocycles. The van der Waals surface area contributed by atoms with Crippen molar-refractivity contribution >= 4 is 0 Å². The molecule has 0 aromatic heterocycles. The summed E-state index contributed by atoms with van der Waals surface area (Å²) < 4.78 is 0. The van der Waals surface area contributed by atoms with Gasteiger partial charge in [-0.1, -0.05) is 27.2 Å². The number of rotatable bonds is 4. The lowest BCUT2D eigenvalue weighted by Gasteiger charge is -2.44. The quantitative estimate of drug-likeness (QED) is 0.730. The standard InChI is InChI=1S/C16H29N/c1-6-7-8-11-16(3,4)14-10-9-13(2)12-15(14)17-5/h13-15,17H,8-12H2,1-5H3. The van der Waals surface area contributed by atoms with Gasteiger partial charge in [0, 0.05) is 12.5 Å². The van der Waals surface area contributed by atoms with Crippen LogP contribution in [-0.4, -0.2) is 13.1 Å². The average Bonchev–Trinajstić information content (AvgIpc) is 2.28. The van der Waals surface area contributed by atoms with E-state index in [1.54, 1.807) is 0 Å². The first-order valence-electron chi connectivity index (χ1n) is 7.08. The van der Waals surface area contributed by atoms with Gasteiger partial charge in [-0.05, 0) is 50.5 Å². The molecule has 3 unspecified atom stereocenters. The molecule has 1 heteroatoms. The Morgan fingerprint density at radius 1 is 1.29 bits per heavy atom. The molecule has 98 valence electrons. The van der Waals surface area contributed by atoms with E-state index in [1.807, 2.05) is 6.92 Å². The molecular weight excluding hydrogens is 206 g/mol. The molecule has 0 radical (unpaired) electrons. The van der Waals surface area contributed by atoms with Crippen LogP contribution in [0, 0.1) is 29.1 Å². The Hall–Kier alpha value is -0.480. The largest absolute Gasteiger partial charge is 0.317 e. The van der Waals surface area contributed by atoms with Gasteiger partial charge in [0.25, 0.3) is 0 Å². The van der Waals surface area contributed by atoms with Gasteiger partial charge in [-0.15, -0.1) is 11.8 Å². The first-order valence-corrected chi connectivity index (χ1v) is 7.08. The van der Waals surface area contributed by atoms with Crippen molar-refractivity contribution in [1.29, 1.82) is 0 Å². The van der Waals surface area contributed by atoms with E-state index in [0.29, 0.717) is 11.5 Å². The van der Waals surface area contributed by atoms with Crippen molar-refractivity contribution in [3.63, 3.8) is 0 Å². The fourth-order valence-electron chi connectivity index (χ4n) is 3.33. The molecular formula is C16H29N. The van der Waals surface area contributed by atoms with Crippen LogP contribution in [-0.2, 0) is 0 Å². The minimum absolute atomic E-state index is 0.414. The summed E-state index contributed by atoms with van der Waals surface area (Å²) in [7, 11) is 2.12. The minimum Gasteiger partial charge on any atom is -0.317 e. The zero-order chi connectivity index (χ0) is 12.9. The molecule has 1 nitrogen and oxygen atoms in total. The van der Waals surface area contributed by atoms with Crippen LogP contribution in [0.2, 0.25) is 0 Å². The lowest BCUT2D eigenvalue weighted by molar-refractivity contribution is 0.0917. The van der Waals surface area contributed by atoms with Crippen LogP contribution in [0.3, 0.4) is 0 Å². The third kappa shape index (κ3) is 4.03. The summed E-state index contributed by atoms with van der Waals surface area (Å²) in [4.78, 5) is 0. The van der Waals surface area contributed by atoms with Crippen LogP contribution in [0.1, 0.15) is 59.8 Å². The zero-order valence-corrected chi connectivity index (χ0v) is 12.3. The highest BCUT2D eigenvalue weighted by Crippen LogP contribution is 2.42. The second-order valence-corrected chi connectivity index (χ2v) is 6.34. The Bertz CT molecular complexity index is 282. The molecule has 0 amide bonds. The van der Waals surface area contributed by atoms with Gasteiger partial charge in [-0.25, -0.2) is 0 Å². The van der Waals surface area contributed by atoms with Crippen LogP contribution in [0.25, 0.3) is 0 Å². The Morgan fingerprint density at radius 3 is 2.59 bits per heavy atom. The van der Waals surface area contributed by atoms with Crippen molar-refractivity contribution < 1.29 is 0 Å². The highest BCUT2D eigenvalue weighted by Gasteiger charge is 2.37. The van der Waals surface area contributed by atoms with E-state index in [2.05, 4.69) is 45.0 Å². The molecule has 0 heterocycles. The van der Waals surface area contributed by atoms with Crippen molar-refractivity contribution in [2.45, 2.75) is 65.8 Å². The molecule has 1 rings (SSSR count). The summed E-state index contributed by atoms with van der Waals surface area (Å²) in [5, 5.41) is 3.54. The summed E-state index contributed by atoms with van der Waals surface area (Å²) in [5.74, 6) is 7.92. The first kappa shape index (κ1) is 14.6. The fourth-order valence-corrected chi connectivity index (χ4v) is 3.33. The van der Waals surface area contributed by atoms with Gasteiger partial charge >= 0.3 is 0 Å². The zero-order valence-electron chi connectivity index (χ0n) is 12.3. The first-order chi connectivity index (χ1) is 8.01. The van der Waals surface area contributed by atoms with E-state index in [1.165, 1.54) is 25.7 Å². The van der Waals surface area contributed by atoms with Gasteiger partial charge in [-0.2, -0.15) is 0 Å². The molecule has 1 N–H and O–H groups in total. The summed E-state index contributed by atoms with van der Waals surface area (Å²) in [6, 6.07) is 0.698. The SMILES string of the molecule is CC#CCCC(C)(C)C1CCC(C)CC1NC. The molecule has 0 spiro atoms. The molecule has 0 bridgehead atoms. The summed E-state index contributed by atoms with van der Waals surface area (Å²) >= 11 is 0. The van der Waals surface area contributed by atoms with Gasteiger partial charge in [0.15, 0.2) is 0 Å². The Balaban J connectivity index is 2.63. The Labute approximate surface area is 108 Å². The van der Waals surface area contributed by atoms with Gasteiger partial charge in [-0.3, -0.25) is 0 Å². The summed E-state index contributed by atoms with van der Waals surface area (Å²) in [6.45, 7) is 9.17. The lowest BCUT2D eigenvalue weighted by atomic mass is 9.65. The third-order valence-electron chi connectivity index (χ3n) is 4.56. The van der Waals surface area contributed by atoms with Crippen LogP contribution in [0.5, 0.6) is 0 Å². The van der Waals surface area contributed by atoms with Crippen molar-refractivity contribution in [3.05, 3.63) is 0 Å². The van der Waals surface area contributed by atoms with Crippen molar-refractivity contribution in [1.82, 2.24) is 5.32 Å². The second-order valence-electron chi connectivity index (χ2n) is 6.34. The van der Waals surface area contributed by atoms with Crippen LogP contribution in [0.4, 0.5) is 0 Å². The van der Waals surface area contributed by atoms with Crippen LogP contribution in [0.15, 0.2) is 0 Å². The molecule has 17 heavy (non-hydrogen) atoms. The molecule has 0 aromatic carbocycles. The smallest absolute Gasteiger partial charge is 0.00999 e. The van der Waals surface area contributed by atoms with Crippen LogP contribution >= 0.6 is 0 Å². The molecule has 0 aromatic rings. The van der Waals surface area contributed by atoms with E-state index in [-0.39, 0.29) is 0 Å². The van der Waals surface area contributed by atoms with E-state index in [4.69, 9.17) is 0 Å². The molecule has 1 aliphatic rings. The molecule has 3 atom stereocenters. The Morgan fingerprint density at radius 2 is 2.00 bits per heavy atom. The Kier molecular flexibility index (Phi) is 5.53. The number of nitrogens with one attached hydrogen (secondary N) is 1. The normalized spacial score (nSPS) is 29.6. The predicted octanol–water partition coefficient (Wildman–Crippen LogP) is 3.84. The maximum absolute atomic E-state index is 3.54. The minimum atomic E-state index is 0.414. The monoisotopic (exact) mass is 235 g/mol. The highest BCUT2D eigenvalue weighted by atomic mass is 14.9. The average molecular weight is 235 g/mol. The van der Waals surface area contributed by atoms with E-state index < -0.39 is 0 Å². The maximum Gasteiger partial charge on any atom is 0.00999 e. The maximum atomic E-state index is 3.54. The highest BCUT2D eigenvalue weighted by molar-refractivity contribution is 4.98. The van der Waals surface area contributed by atoms with Crippen molar-refractivity contribution in [3.8, 4) is 11.8 Å². The summed E-state index contributed by atoms with van der Waals surface area (Å²) in [6.07, 6.45) is 6.38. The molecule has 1 saturated carbocycles. The topological polar surface area (TPSA) is 12.0 Å². The van der Waals surface area contributed by atoms with E-state index in [9.17, 15) is 0 Å². The predicted molar refractivity (Wildman–Crippen MR) is 75.8 cm³/mol. The number of hydrogen-bond donors (Lipinski definition) is 1. The molecule has 0 aliphatic heterocycles. The van der Waals surface area contributed by atoms with Crippen molar-refractivity contribution in [2.75, 3.05) is 7.05 Å². The van der Waals surface area contributed by atoms with Crippen LogP contribution < -0.4 is 5.32 Å². The van der Waals surface area contributed by atoms with Gasteiger partial charge in [0.05, 0.1) is 0 Å². The van der Waals surface area contributed by atoms with Gasteiger partial charge < -0.3 is 5.32 Å². The van der Waals surface area contributed by atoms with E-state index in [0.717, 1.165) is 18.3 Å². The van der Waals surface area contributed by atoms with Gasteiger partial charge in [0.1, 0.15) is 0 Å². The van der Waals surface area contributed by atoms with Gasteiger partial charge in [0.2, 0.25) is 0 Å². The van der Waals surface area contributed by atoms with Crippen molar-refractivity contribution in [2.24, 2.45) is 17.3 Å². The number of hydrogen-bond acceptors (Lipinski definition) is 1. The second kappa shape index (κ2) is 6.45. The summed E-state index contributed by atoms with van der Waals surface area (Å²) in [5.41, 5.74) is 0.414. The molecule has 1 aliphatic carbocycles.